The van der Waals surface area contributed by atoms with Crippen molar-refractivity contribution in [1.29, 1.82) is 0 Å². The third kappa shape index (κ3) is 5.62. The molecule has 11 heteroatoms. The standard InChI is InChI=1S/C19H14ClF3N2O4S/c20-16-10-15(6-7-17(16)29-19(22)23)30(26,27)25-11-12-3-2-8-24-18(12)28-14-5-1-4-13(21)9-14/h1-10,19,25H,11H2. The van der Waals surface area contributed by atoms with Crippen LogP contribution in [0.4, 0.5) is 13.2 Å². The molecule has 0 aliphatic rings. The van der Waals surface area contributed by atoms with Crippen molar-refractivity contribution in [3.8, 4) is 17.4 Å². The van der Waals surface area contributed by atoms with Gasteiger partial charge in [-0.1, -0.05) is 23.7 Å². The second kappa shape index (κ2) is 9.33. The van der Waals surface area contributed by atoms with E-state index in [4.69, 9.17) is 16.3 Å². The molecule has 158 valence electrons. The van der Waals surface area contributed by atoms with Crippen LogP contribution < -0.4 is 14.2 Å². The summed E-state index contributed by atoms with van der Waals surface area (Å²) in [5.74, 6) is -0.561. The van der Waals surface area contributed by atoms with Crippen LogP contribution in [0.1, 0.15) is 5.56 Å². The minimum absolute atomic E-state index is 0.0875. The Hall–Kier alpha value is -2.82. The van der Waals surface area contributed by atoms with Gasteiger partial charge in [0.1, 0.15) is 17.3 Å². The molecule has 6 nitrogen and oxygen atoms in total. The summed E-state index contributed by atoms with van der Waals surface area (Å²) < 4.78 is 75.1. The zero-order valence-electron chi connectivity index (χ0n) is 15.1. The first-order valence-corrected chi connectivity index (χ1v) is 10.2. The van der Waals surface area contributed by atoms with Crippen LogP contribution in [-0.2, 0) is 16.6 Å². The van der Waals surface area contributed by atoms with Crippen molar-refractivity contribution in [3.63, 3.8) is 0 Å². The fourth-order valence-corrected chi connectivity index (χ4v) is 3.71. The summed E-state index contributed by atoms with van der Waals surface area (Å²) in [7, 11) is -4.04. The van der Waals surface area contributed by atoms with Gasteiger partial charge >= 0.3 is 6.61 Å². The Morgan fingerprint density at radius 1 is 1.10 bits per heavy atom. The molecular weight excluding hydrogens is 445 g/mol. The van der Waals surface area contributed by atoms with E-state index in [2.05, 4.69) is 14.4 Å². The van der Waals surface area contributed by atoms with E-state index in [1.165, 1.54) is 24.4 Å². The number of halogens is 4. The smallest absolute Gasteiger partial charge is 0.387 e. The van der Waals surface area contributed by atoms with Gasteiger partial charge in [-0.2, -0.15) is 8.78 Å². The number of nitrogens with zero attached hydrogens (tertiary/aromatic N) is 1. The van der Waals surface area contributed by atoms with Gasteiger partial charge in [0.15, 0.2) is 0 Å². The summed E-state index contributed by atoms with van der Waals surface area (Å²) in [4.78, 5) is 3.80. The molecule has 1 N–H and O–H groups in total. The number of benzene rings is 2. The van der Waals surface area contributed by atoms with E-state index in [9.17, 15) is 21.6 Å². The third-order valence-electron chi connectivity index (χ3n) is 3.74. The monoisotopic (exact) mass is 458 g/mol. The molecule has 30 heavy (non-hydrogen) atoms. The minimum atomic E-state index is -4.04. The molecule has 0 saturated heterocycles. The molecule has 3 aromatic rings. The number of hydrogen-bond donors (Lipinski definition) is 1. The molecule has 0 radical (unpaired) electrons. The van der Waals surface area contributed by atoms with Gasteiger partial charge < -0.3 is 9.47 Å². The maximum atomic E-state index is 13.3. The first kappa shape index (κ1) is 21.9. The summed E-state index contributed by atoms with van der Waals surface area (Å²) in [5.41, 5.74) is 0.383. The molecule has 0 fully saturated rings. The maximum Gasteiger partial charge on any atom is 0.387 e. The highest BCUT2D eigenvalue weighted by Gasteiger charge is 2.18. The van der Waals surface area contributed by atoms with E-state index < -0.39 is 22.5 Å². The quantitative estimate of drug-likeness (QED) is 0.527. The van der Waals surface area contributed by atoms with Crippen molar-refractivity contribution in [2.75, 3.05) is 0 Å². The van der Waals surface area contributed by atoms with Gasteiger partial charge in [0, 0.05) is 24.4 Å². The molecule has 0 unspecified atom stereocenters. The van der Waals surface area contributed by atoms with Gasteiger partial charge in [-0.05, 0) is 36.4 Å². The first-order valence-electron chi connectivity index (χ1n) is 8.36. The molecule has 0 aliphatic heterocycles. The molecular formula is C19H14ClF3N2O4S. The molecule has 0 bridgehead atoms. The predicted molar refractivity (Wildman–Crippen MR) is 103 cm³/mol. The van der Waals surface area contributed by atoms with E-state index in [1.54, 1.807) is 12.1 Å². The fourth-order valence-electron chi connectivity index (χ4n) is 2.39. The van der Waals surface area contributed by atoms with Crippen LogP contribution in [-0.4, -0.2) is 20.0 Å². The summed E-state index contributed by atoms with van der Waals surface area (Å²) in [6, 6.07) is 11.7. The topological polar surface area (TPSA) is 77.5 Å². The lowest BCUT2D eigenvalue weighted by atomic mass is 10.3. The molecule has 0 amide bonds. The SMILES string of the molecule is O=S(=O)(NCc1cccnc1Oc1cccc(F)c1)c1ccc(OC(F)F)c(Cl)c1. The van der Waals surface area contributed by atoms with Crippen molar-refractivity contribution in [1.82, 2.24) is 9.71 Å². The van der Waals surface area contributed by atoms with Crippen LogP contribution in [0.25, 0.3) is 0 Å². The van der Waals surface area contributed by atoms with Crippen LogP contribution in [0.3, 0.4) is 0 Å². The zero-order valence-corrected chi connectivity index (χ0v) is 16.6. The second-order valence-electron chi connectivity index (χ2n) is 5.82. The number of nitrogens with one attached hydrogen (secondary N) is 1. The molecule has 0 atom stereocenters. The van der Waals surface area contributed by atoms with Gasteiger partial charge in [0.05, 0.1) is 9.92 Å². The van der Waals surface area contributed by atoms with E-state index in [0.29, 0.717) is 5.56 Å². The number of rotatable bonds is 8. The maximum absolute atomic E-state index is 13.3. The largest absolute Gasteiger partial charge is 0.439 e. The van der Waals surface area contributed by atoms with Crippen molar-refractivity contribution in [2.24, 2.45) is 0 Å². The Bertz CT molecular complexity index is 1150. The van der Waals surface area contributed by atoms with Crippen molar-refractivity contribution >= 4 is 21.6 Å². The lowest BCUT2D eigenvalue weighted by Crippen LogP contribution is -2.23. The molecule has 3 rings (SSSR count). The van der Waals surface area contributed by atoms with Gasteiger partial charge in [-0.25, -0.2) is 22.5 Å². The molecule has 1 aromatic heterocycles. The fraction of sp³-hybridized carbons (Fsp3) is 0.105. The van der Waals surface area contributed by atoms with E-state index in [1.807, 2.05) is 0 Å². The number of alkyl halides is 2. The molecule has 0 saturated carbocycles. The highest BCUT2D eigenvalue weighted by Crippen LogP contribution is 2.29. The third-order valence-corrected chi connectivity index (χ3v) is 5.44. The van der Waals surface area contributed by atoms with Crippen LogP contribution in [0.5, 0.6) is 17.4 Å². The number of pyridine rings is 1. The number of hydrogen-bond acceptors (Lipinski definition) is 5. The van der Waals surface area contributed by atoms with Crippen LogP contribution in [0.15, 0.2) is 65.7 Å². The molecule has 2 aromatic carbocycles. The normalized spacial score (nSPS) is 11.5. The Kier molecular flexibility index (Phi) is 6.80. The lowest BCUT2D eigenvalue weighted by molar-refractivity contribution is -0.0498. The van der Waals surface area contributed by atoms with Crippen LogP contribution in [0.2, 0.25) is 5.02 Å². The van der Waals surface area contributed by atoms with Gasteiger partial charge in [-0.15, -0.1) is 0 Å². The predicted octanol–water partition coefficient (Wildman–Crippen LogP) is 4.75. The summed E-state index contributed by atoms with van der Waals surface area (Å²) in [6.07, 6.45) is 1.44. The second-order valence-corrected chi connectivity index (χ2v) is 8.00. The molecule has 1 heterocycles. The molecule has 0 spiro atoms. The summed E-state index contributed by atoms with van der Waals surface area (Å²) in [6.45, 7) is -3.29. The number of sulfonamides is 1. The van der Waals surface area contributed by atoms with Crippen molar-refractivity contribution in [3.05, 3.63) is 77.2 Å². The van der Waals surface area contributed by atoms with E-state index >= 15 is 0 Å². The average molecular weight is 459 g/mol. The minimum Gasteiger partial charge on any atom is -0.439 e. The summed E-state index contributed by atoms with van der Waals surface area (Å²) in [5, 5.41) is -0.283. The number of ether oxygens (including phenoxy) is 2. The Balaban J connectivity index is 1.76. The Morgan fingerprint density at radius 3 is 2.60 bits per heavy atom. The van der Waals surface area contributed by atoms with Gasteiger partial charge in [0.2, 0.25) is 15.9 Å². The van der Waals surface area contributed by atoms with Crippen molar-refractivity contribution < 1.29 is 31.1 Å². The Morgan fingerprint density at radius 2 is 1.90 bits per heavy atom. The van der Waals surface area contributed by atoms with Crippen LogP contribution >= 0.6 is 11.6 Å². The Labute approximate surface area is 175 Å². The highest BCUT2D eigenvalue weighted by molar-refractivity contribution is 7.89. The number of aromatic nitrogens is 1. The molecule has 0 aliphatic carbocycles. The van der Waals surface area contributed by atoms with Gasteiger partial charge in [-0.3, -0.25) is 0 Å². The van der Waals surface area contributed by atoms with Crippen LogP contribution in [0, 0.1) is 5.82 Å². The van der Waals surface area contributed by atoms with E-state index in [0.717, 1.165) is 24.3 Å². The summed E-state index contributed by atoms with van der Waals surface area (Å²) >= 11 is 5.81. The van der Waals surface area contributed by atoms with E-state index in [-0.39, 0.29) is 33.8 Å². The van der Waals surface area contributed by atoms with Gasteiger partial charge in [0.25, 0.3) is 0 Å². The first-order chi connectivity index (χ1) is 14.2. The highest BCUT2D eigenvalue weighted by atomic mass is 35.5. The lowest BCUT2D eigenvalue weighted by Gasteiger charge is -2.12. The average Bonchev–Trinajstić information content (AvgIpc) is 2.68. The zero-order chi connectivity index (χ0) is 21.7. The van der Waals surface area contributed by atoms with Crippen molar-refractivity contribution in [2.45, 2.75) is 18.1 Å².